The van der Waals surface area contributed by atoms with Crippen molar-refractivity contribution in [2.75, 3.05) is 0 Å². The largest absolute Gasteiger partial charge is 0.480 e. The van der Waals surface area contributed by atoms with Crippen molar-refractivity contribution < 1.29 is 14.7 Å². The summed E-state index contributed by atoms with van der Waals surface area (Å²) in [6, 6.07) is 9.40. The number of carbonyl (C=O) groups excluding carboxylic acids is 1. The molecular weight excluding hydrogens is 304 g/mol. The zero-order chi connectivity index (χ0) is 16.7. The van der Waals surface area contributed by atoms with Gasteiger partial charge >= 0.3 is 5.97 Å². The first-order valence-electron chi connectivity index (χ1n) is 8.55. The number of carboxylic acids is 1. The first-order chi connectivity index (χ1) is 11.6. The summed E-state index contributed by atoms with van der Waals surface area (Å²) in [5.41, 5.74) is 1.15. The number of amides is 1. The molecule has 0 atom stereocenters. The van der Waals surface area contributed by atoms with Crippen molar-refractivity contribution in [3.8, 4) is 0 Å². The van der Waals surface area contributed by atoms with Crippen molar-refractivity contribution in [3.05, 3.63) is 41.6 Å². The van der Waals surface area contributed by atoms with Crippen LogP contribution in [-0.4, -0.2) is 27.5 Å². The van der Waals surface area contributed by atoms with Gasteiger partial charge in [0.1, 0.15) is 5.54 Å². The third-order valence-electron chi connectivity index (χ3n) is 5.20. The van der Waals surface area contributed by atoms with Crippen LogP contribution in [0, 0.1) is 0 Å². The molecule has 2 fully saturated rings. The fourth-order valence-electron chi connectivity index (χ4n) is 3.63. The van der Waals surface area contributed by atoms with Gasteiger partial charge < -0.3 is 10.4 Å². The maximum atomic E-state index is 12.9. The number of fused-ring (bicyclic) bond motifs is 1. The van der Waals surface area contributed by atoms with Crippen LogP contribution in [0.1, 0.15) is 60.5 Å². The Morgan fingerprint density at radius 3 is 2.54 bits per heavy atom. The molecule has 2 aliphatic rings. The summed E-state index contributed by atoms with van der Waals surface area (Å²) in [6.45, 7) is 0. The standard InChI is InChI=1S/C19H20N2O3/c22-17(21-19(18(23)24)9-3-4-10-19)14-11-16(12-7-8-12)20-15-6-2-1-5-13(14)15/h1-2,5-6,11-12H,3-4,7-10H2,(H,21,22)(H,23,24). The maximum Gasteiger partial charge on any atom is 0.329 e. The fourth-order valence-corrected chi connectivity index (χ4v) is 3.63. The van der Waals surface area contributed by atoms with Gasteiger partial charge in [-0.3, -0.25) is 9.78 Å². The van der Waals surface area contributed by atoms with Crippen LogP contribution in [0.2, 0.25) is 0 Å². The van der Waals surface area contributed by atoms with Gasteiger partial charge in [-0.25, -0.2) is 4.79 Å². The van der Waals surface area contributed by atoms with Gasteiger partial charge in [0.15, 0.2) is 0 Å². The van der Waals surface area contributed by atoms with E-state index in [0.29, 0.717) is 24.3 Å². The molecule has 1 amide bonds. The van der Waals surface area contributed by atoms with E-state index in [1.54, 1.807) is 0 Å². The first kappa shape index (κ1) is 15.1. The Balaban J connectivity index is 1.74. The predicted octanol–water partition coefficient (Wildman–Crippen LogP) is 3.24. The van der Waals surface area contributed by atoms with Gasteiger partial charge in [-0.05, 0) is 37.8 Å². The summed E-state index contributed by atoms with van der Waals surface area (Å²) in [5, 5.41) is 13.2. The molecule has 0 saturated heterocycles. The molecule has 2 aliphatic carbocycles. The van der Waals surface area contributed by atoms with Crippen LogP contribution in [0.4, 0.5) is 0 Å². The highest BCUT2D eigenvalue weighted by Gasteiger charge is 2.43. The molecule has 2 aromatic rings. The molecule has 0 bridgehead atoms. The molecular formula is C19H20N2O3. The maximum absolute atomic E-state index is 12.9. The van der Waals surface area contributed by atoms with Crippen molar-refractivity contribution in [2.45, 2.75) is 50.0 Å². The summed E-state index contributed by atoms with van der Waals surface area (Å²) < 4.78 is 0. The van der Waals surface area contributed by atoms with E-state index < -0.39 is 11.5 Å². The predicted molar refractivity (Wildman–Crippen MR) is 90.0 cm³/mol. The summed E-state index contributed by atoms with van der Waals surface area (Å²) in [6.07, 6.45) is 4.85. The van der Waals surface area contributed by atoms with E-state index in [4.69, 9.17) is 0 Å². The topological polar surface area (TPSA) is 79.3 Å². The van der Waals surface area contributed by atoms with Crippen LogP contribution < -0.4 is 5.32 Å². The van der Waals surface area contributed by atoms with E-state index in [0.717, 1.165) is 42.3 Å². The highest BCUT2D eigenvalue weighted by molar-refractivity contribution is 6.07. The average molecular weight is 324 g/mol. The van der Waals surface area contributed by atoms with Crippen molar-refractivity contribution in [3.63, 3.8) is 0 Å². The summed E-state index contributed by atoms with van der Waals surface area (Å²) >= 11 is 0. The smallest absolute Gasteiger partial charge is 0.329 e. The SMILES string of the molecule is O=C(NC1(C(=O)O)CCCC1)c1cc(C2CC2)nc2ccccc12. The Kier molecular flexibility index (Phi) is 3.52. The fraction of sp³-hybridized carbons (Fsp3) is 0.421. The monoisotopic (exact) mass is 324 g/mol. The molecule has 4 rings (SSSR count). The molecule has 124 valence electrons. The summed E-state index contributed by atoms with van der Waals surface area (Å²) in [4.78, 5) is 29.3. The van der Waals surface area contributed by atoms with Crippen molar-refractivity contribution >= 4 is 22.8 Å². The zero-order valence-corrected chi connectivity index (χ0v) is 13.4. The van der Waals surface area contributed by atoms with Crippen LogP contribution in [-0.2, 0) is 4.79 Å². The second-order valence-electron chi connectivity index (χ2n) is 6.93. The van der Waals surface area contributed by atoms with Gasteiger partial charge in [0, 0.05) is 17.0 Å². The molecule has 0 unspecified atom stereocenters. The number of pyridine rings is 1. The number of aromatic nitrogens is 1. The van der Waals surface area contributed by atoms with E-state index in [2.05, 4.69) is 10.3 Å². The van der Waals surface area contributed by atoms with Crippen LogP contribution in [0.5, 0.6) is 0 Å². The Morgan fingerprint density at radius 2 is 1.88 bits per heavy atom. The van der Waals surface area contributed by atoms with E-state index >= 15 is 0 Å². The zero-order valence-electron chi connectivity index (χ0n) is 13.4. The molecule has 24 heavy (non-hydrogen) atoms. The van der Waals surface area contributed by atoms with Crippen LogP contribution in [0.3, 0.4) is 0 Å². The molecule has 5 nitrogen and oxygen atoms in total. The Labute approximate surface area is 140 Å². The van der Waals surface area contributed by atoms with E-state index in [-0.39, 0.29) is 5.91 Å². The number of hydrogen-bond donors (Lipinski definition) is 2. The number of nitrogens with zero attached hydrogens (tertiary/aromatic N) is 1. The van der Waals surface area contributed by atoms with E-state index in [1.807, 2.05) is 30.3 Å². The highest BCUT2D eigenvalue weighted by Crippen LogP contribution is 2.40. The lowest BCUT2D eigenvalue weighted by Crippen LogP contribution is -2.52. The Hall–Kier alpha value is -2.43. The number of aliphatic carboxylic acids is 1. The summed E-state index contributed by atoms with van der Waals surface area (Å²) in [7, 11) is 0. The molecule has 2 N–H and O–H groups in total. The van der Waals surface area contributed by atoms with Gasteiger partial charge in [-0.2, -0.15) is 0 Å². The minimum absolute atomic E-state index is 0.306. The Morgan fingerprint density at radius 1 is 1.17 bits per heavy atom. The van der Waals surface area contributed by atoms with Gasteiger partial charge in [-0.1, -0.05) is 31.0 Å². The Bertz CT molecular complexity index is 820. The highest BCUT2D eigenvalue weighted by atomic mass is 16.4. The molecule has 1 heterocycles. The molecule has 2 saturated carbocycles. The molecule has 1 aromatic heterocycles. The van der Waals surface area contributed by atoms with Crippen molar-refractivity contribution in [1.29, 1.82) is 0 Å². The molecule has 0 spiro atoms. The van der Waals surface area contributed by atoms with Crippen LogP contribution in [0.15, 0.2) is 30.3 Å². The number of benzene rings is 1. The normalized spacial score (nSPS) is 19.3. The van der Waals surface area contributed by atoms with Crippen molar-refractivity contribution in [1.82, 2.24) is 10.3 Å². The number of nitrogens with one attached hydrogen (secondary N) is 1. The second-order valence-corrected chi connectivity index (χ2v) is 6.93. The molecule has 1 aromatic carbocycles. The second kappa shape index (κ2) is 5.58. The molecule has 5 heteroatoms. The minimum Gasteiger partial charge on any atom is -0.480 e. The lowest BCUT2D eigenvalue weighted by molar-refractivity contribution is -0.144. The lowest BCUT2D eigenvalue weighted by atomic mass is 9.96. The van der Waals surface area contributed by atoms with Gasteiger partial charge in [0.2, 0.25) is 0 Å². The third kappa shape index (κ3) is 2.54. The third-order valence-corrected chi connectivity index (χ3v) is 5.20. The minimum atomic E-state index is -1.12. The number of carbonyl (C=O) groups is 2. The number of para-hydroxylation sites is 1. The molecule has 0 aliphatic heterocycles. The van der Waals surface area contributed by atoms with E-state index in [1.165, 1.54) is 0 Å². The average Bonchev–Trinajstić information content (AvgIpc) is 3.33. The van der Waals surface area contributed by atoms with E-state index in [9.17, 15) is 14.7 Å². The van der Waals surface area contributed by atoms with Crippen LogP contribution >= 0.6 is 0 Å². The van der Waals surface area contributed by atoms with Gasteiger partial charge in [0.05, 0.1) is 11.1 Å². The first-order valence-corrected chi connectivity index (χ1v) is 8.55. The summed E-state index contributed by atoms with van der Waals surface area (Å²) in [5.74, 6) is -0.810. The van der Waals surface area contributed by atoms with Crippen molar-refractivity contribution in [2.24, 2.45) is 0 Å². The number of carboxylic acid groups (broad SMARTS) is 1. The van der Waals surface area contributed by atoms with Gasteiger partial charge in [0.25, 0.3) is 5.91 Å². The van der Waals surface area contributed by atoms with Gasteiger partial charge in [-0.15, -0.1) is 0 Å². The van der Waals surface area contributed by atoms with Crippen LogP contribution in [0.25, 0.3) is 10.9 Å². The lowest BCUT2D eigenvalue weighted by Gasteiger charge is -2.25. The molecule has 0 radical (unpaired) electrons. The quantitative estimate of drug-likeness (QED) is 0.905. The number of hydrogen-bond acceptors (Lipinski definition) is 3. The number of rotatable bonds is 4.